The van der Waals surface area contributed by atoms with E-state index >= 15 is 0 Å². The molecule has 0 fully saturated rings. The minimum Gasteiger partial charge on any atom is -0.465 e. The van der Waals surface area contributed by atoms with Crippen LogP contribution in [0.2, 0.25) is 0 Å². The molecule has 6 heteroatoms. The second-order valence-corrected chi connectivity index (χ2v) is 8.29. The summed E-state index contributed by atoms with van der Waals surface area (Å²) in [5.41, 5.74) is 2.08. The van der Waals surface area contributed by atoms with Crippen molar-refractivity contribution in [2.75, 3.05) is 7.11 Å². The predicted octanol–water partition coefficient (Wildman–Crippen LogP) is 4.92. The predicted molar refractivity (Wildman–Crippen MR) is 110 cm³/mol. The second kappa shape index (κ2) is 8.41. The molecule has 0 aliphatic rings. The van der Waals surface area contributed by atoms with Gasteiger partial charge in [0.15, 0.2) is 0 Å². The third kappa shape index (κ3) is 4.43. The van der Waals surface area contributed by atoms with Crippen LogP contribution in [0, 0.1) is 12.7 Å². The highest BCUT2D eigenvalue weighted by Crippen LogP contribution is 2.28. The van der Waals surface area contributed by atoms with Crippen LogP contribution in [0.1, 0.15) is 27.0 Å². The molecule has 0 radical (unpaired) electrons. The van der Waals surface area contributed by atoms with E-state index in [0.717, 1.165) is 11.1 Å². The zero-order valence-electron chi connectivity index (χ0n) is 15.9. The van der Waals surface area contributed by atoms with Crippen LogP contribution in [0.4, 0.5) is 4.39 Å². The molecule has 0 saturated carbocycles. The molecule has 0 unspecified atom stereocenters. The minimum atomic E-state index is -3.91. The van der Waals surface area contributed by atoms with Gasteiger partial charge in [-0.3, -0.25) is 0 Å². The van der Waals surface area contributed by atoms with E-state index < -0.39 is 15.8 Å². The maximum absolute atomic E-state index is 13.2. The van der Waals surface area contributed by atoms with Gasteiger partial charge in [0.1, 0.15) is 5.82 Å². The smallest absolute Gasteiger partial charge is 0.339 e. The van der Waals surface area contributed by atoms with E-state index in [4.69, 9.17) is 4.74 Å². The maximum atomic E-state index is 13.2. The van der Waals surface area contributed by atoms with Crippen LogP contribution < -0.4 is 0 Å². The zero-order valence-corrected chi connectivity index (χ0v) is 16.7. The van der Waals surface area contributed by atoms with Gasteiger partial charge in [-0.25, -0.2) is 17.6 Å². The Morgan fingerprint density at radius 1 is 0.897 bits per heavy atom. The number of carbonyl (C=O) groups excluding carboxylic acids is 1. The van der Waals surface area contributed by atoms with E-state index in [0.29, 0.717) is 5.56 Å². The van der Waals surface area contributed by atoms with E-state index in [-0.39, 0.29) is 21.2 Å². The van der Waals surface area contributed by atoms with Gasteiger partial charge in [0.2, 0.25) is 9.84 Å². The highest BCUT2D eigenvalue weighted by atomic mass is 32.2. The first-order valence-electron chi connectivity index (χ1n) is 8.79. The van der Waals surface area contributed by atoms with Crippen LogP contribution >= 0.6 is 0 Å². The summed E-state index contributed by atoms with van der Waals surface area (Å²) in [6, 6.07) is 17.1. The van der Waals surface area contributed by atoms with Crippen LogP contribution in [0.5, 0.6) is 0 Å². The molecule has 3 aromatic carbocycles. The van der Waals surface area contributed by atoms with E-state index in [1.54, 1.807) is 55.5 Å². The molecular formula is C23H19FO4S. The lowest BCUT2D eigenvalue weighted by atomic mass is 10.1. The number of hydrogen-bond donors (Lipinski definition) is 0. The number of halogens is 1. The number of aryl methyl sites for hydroxylation is 1. The number of hydrogen-bond acceptors (Lipinski definition) is 4. The SMILES string of the molecule is COC(=O)c1cccc(C)c1S(=O)(=O)c1ccc(C=Cc2ccc(F)cc2)cc1. The van der Waals surface area contributed by atoms with Gasteiger partial charge in [0, 0.05) is 0 Å². The Balaban J connectivity index is 1.93. The fraction of sp³-hybridized carbons (Fsp3) is 0.0870. The van der Waals surface area contributed by atoms with Crippen LogP contribution in [-0.4, -0.2) is 21.5 Å². The third-order valence-electron chi connectivity index (χ3n) is 4.41. The quantitative estimate of drug-likeness (QED) is 0.442. The molecule has 4 nitrogen and oxygen atoms in total. The number of methoxy groups -OCH3 is 1. The first-order valence-corrected chi connectivity index (χ1v) is 10.3. The number of benzene rings is 3. The Labute approximate surface area is 169 Å². The summed E-state index contributed by atoms with van der Waals surface area (Å²) in [6.45, 7) is 1.64. The topological polar surface area (TPSA) is 60.4 Å². The number of rotatable bonds is 5. The van der Waals surface area contributed by atoms with Crippen LogP contribution in [0.3, 0.4) is 0 Å². The fourth-order valence-corrected chi connectivity index (χ4v) is 4.59. The van der Waals surface area contributed by atoms with E-state index in [2.05, 4.69) is 0 Å². The van der Waals surface area contributed by atoms with Crippen molar-refractivity contribution in [1.82, 2.24) is 0 Å². The monoisotopic (exact) mass is 410 g/mol. The van der Waals surface area contributed by atoms with Crippen molar-refractivity contribution >= 4 is 28.0 Å². The molecule has 0 spiro atoms. The molecule has 0 atom stereocenters. The summed E-state index contributed by atoms with van der Waals surface area (Å²) in [6.07, 6.45) is 3.61. The van der Waals surface area contributed by atoms with Crippen molar-refractivity contribution in [3.63, 3.8) is 0 Å². The van der Waals surface area contributed by atoms with Crippen molar-refractivity contribution in [2.24, 2.45) is 0 Å². The van der Waals surface area contributed by atoms with Gasteiger partial charge in [-0.05, 0) is 53.9 Å². The van der Waals surface area contributed by atoms with Gasteiger partial charge in [-0.15, -0.1) is 0 Å². The van der Waals surface area contributed by atoms with Crippen LogP contribution in [0.25, 0.3) is 12.2 Å². The molecule has 0 N–H and O–H groups in total. The molecule has 148 valence electrons. The molecule has 0 aliphatic heterocycles. The van der Waals surface area contributed by atoms with Gasteiger partial charge in [0.05, 0.1) is 22.5 Å². The Kier molecular flexibility index (Phi) is 5.94. The lowest BCUT2D eigenvalue weighted by molar-refractivity contribution is 0.0596. The van der Waals surface area contributed by atoms with Gasteiger partial charge in [0.25, 0.3) is 0 Å². The molecule has 0 heterocycles. The summed E-state index contributed by atoms with van der Waals surface area (Å²) in [5, 5.41) is 0. The van der Waals surface area contributed by atoms with Gasteiger partial charge in [-0.2, -0.15) is 0 Å². The summed E-state index contributed by atoms with van der Waals surface area (Å²) in [4.78, 5) is 12.1. The van der Waals surface area contributed by atoms with E-state index in [1.165, 1.54) is 37.4 Å². The Hall–Kier alpha value is -3.25. The zero-order chi connectivity index (χ0) is 21.0. The number of carbonyl (C=O) groups is 1. The Bertz CT molecular complexity index is 1160. The highest BCUT2D eigenvalue weighted by Gasteiger charge is 2.26. The van der Waals surface area contributed by atoms with Crippen molar-refractivity contribution in [1.29, 1.82) is 0 Å². The average Bonchev–Trinajstić information content (AvgIpc) is 2.72. The van der Waals surface area contributed by atoms with E-state index in [9.17, 15) is 17.6 Å². The van der Waals surface area contributed by atoms with Crippen molar-refractivity contribution in [3.8, 4) is 0 Å². The van der Waals surface area contributed by atoms with Gasteiger partial charge < -0.3 is 4.74 Å². The fourth-order valence-electron chi connectivity index (χ4n) is 2.92. The second-order valence-electron chi connectivity index (χ2n) is 6.40. The molecule has 3 aromatic rings. The van der Waals surface area contributed by atoms with Crippen LogP contribution in [-0.2, 0) is 14.6 Å². The summed E-state index contributed by atoms with van der Waals surface area (Å²) < 4.78 is 44.0. The first kappa shape index (κ1) is 20.5. The number of sulfone groups is 1. The lowest BCUT2D eigenvalue weighted by Gasteiger charge is -2.12. The normalized spacial score (nSPS) is 11.6. The van der Waals surface area contributed by atoms with Gasteiger partial charge in [-0.1, -0.05) is 48.6 Å². The summed E-state index contributed by atoms with van der Waals surface area (Å²) in [7, 11) is -2.70. The lowest BCUT2D eigenvalue weighted by Crippen LogP contribution is -2.13. The Morgan fingerprint density at radius 3 is 2.00 bits per heavy atom. The molecule has 0 saturated heterocycles. The standard InChI is InChI=1S/C23H19FO4S/c1-16-4-3-5-21(23(25)28-2)22(16)29(26,27)20-14-10-18(11-15-20)7-6-17-8-12-19(24)13-9-17/h3-15H,1-2H3. The molecule has 3 rings (SSSR count). The molecule has 0 aromatic heterocycles. The van der Waals surface area contributed by atoms with E-state index in [1.807, 2.05) is 0 Å². The maximum Gasteiger partial charge on any atom is 0.339 e. The van der Waals surface area contributed by atoms with Crippen molar-refractivity contribution < 1.29 is 22.3 Å². The molecule has 0 amide bonds. The minimum absolute atomic E-state index is 0.00721. The van der Waals surface area contributed by atoms with Gasteiger partial charge >= 0.3 is 5.97 Å². The van der Waals surface area contributed by atoms with Crippen LogP contribution in [0.15, 0.2) is 76.5 Å². The molecule has 0 bridgehead atoms. The largest absolute Gasteiger partial charge is 0.465 e. The first-order chi connectivity index (χ1) is 13.8. The molecule has 29 heavy (non-hydrogen) atoms. The van der Waals surface area contributed by atoms with Crippen molar-refractivity contribution in [3.05, 3.63) is 94.8 Å². The molecule has 0 aliphatic carbocycles. The Morgan fingerprint density at radius 2 is 1.45 bits per heavy atom. The third-order valence-corrected chi connectivity index (χ3v) is 6.39. The highest BCUT2D eigenvalue weighted by molar-refractivity contribution is 7.91. The number of ether oxygens (including phenoxy) is 1. The average molecular weight is 410 g/mol. The van der Waals surface area contributed by atoms with Crippen molar-refractivity contribution in [2.45, 2.75) is 16.7 Å². The summed E-state index contributed by atoms with van der Waals surface area (Å²) >= 11 is 0. The molecular weight excluding hydrogens is 391 g/mol. The summed E-state index contributed by atoms with van der Waals surface area (Å²) in [5.74, 6) is -1.01. The number of esters is 1.